The van der Waals surface area contributed by atoms with Crippen molar-refractivity contribution in [2.24, 2.45) is 5.92 Å². The molecule has 29 heavy (non-hydrogen) atoms. The van der Waals surface area contributed by atoms with Crippen LogP contribution in [0.4, 0.5) is 0 Å². The van der Waals surface area contributed by atoms with Gasteiger partial charge in [-0.3, -0.25) is 14.2 Å². The number of aliphatic hydroxyl groups excluding tert-OH is 1. The lowest BCUT2D eigenvalue weighted by Crippen LogP contribution is -2.26. The topological polar surface area (TPSA) is 103 Å². The number of fused-ring (bicyclic) bond motifs is 1. The summed E-state index contributed by atoms with van der Waals surface area (Å²) in [5.74, 6) is 0.345. The molecule has 1 aliphatic carbocycles. The minimum Gasteiger partial charge on any atom is -0.389 e. The predicted octanol–water partition coefficient (Wildman–Crippen LogP) is 1.99. The average molecular weight is 391 g/mol. The highest BCUT2D eigenvalue weighted by molar-refractivity contribution is 5.79. The maximum Gasteiger partial charge on any atom is 0.179 e. The Morgan fingerprint density at radius 2 is 2.00 bits per heavy atom. The van der Waals surface area contributed by atoms with Crippen LogP contribution in [0.1, 0.15) is 25.8 Å². The van der Waals surface area contributed by atoms with E-state index in [-0.39, 0.29) is 12.3 Å². The van der Waals surface area contributed by atoms with Crippen LogP contribution in [0.5, 0.6) is 0 Å². The molecule has 1 saturated carbocycles. The molecule has 2 atom stereocenters. The molecule has 5 rings (SSSR count). The molecule has 0 bridgehead atoms. The van der Waals surface area contributed by atoms with E-state index < -0.39 is 6.61 Å². The number of aromatic nitrogens is 7. The Kier molecular flexibility index (Phi) is 4.24. The van der Waals surface area contributed by atoms with Crippen molar-refractivity contribution in [1.29, 1.82) is 0 Å². The van der Waals surface area contributed by atoms with Crippen molar-refractivity contribution < 1.29 is 9.90 Å². The number of aliphatic hydroxyl groups is 1. The molecule has 4 aromatic rings. The molecule has 0 amide bonds. The Labute approximate surface area is 166 Å². The third kappa shape index (κ3) is 3.13. The number of carbonyl (C=O) groups is 1. The second kappa shape index (κ2) is 6.93. The molecule has 1 fully saturated rings. The molecule has 0 aliphatic heterocycles. The zero-order valence-corrected chi connectivity index (χ0v) is 16.0. The fraction of sp³-hybridized carbons (Fsp3) is 0.350. The van der Waals surface area contributed by atoms with Crippen LogP contribution in [-0.2, 0) is 11.3 Å². The van der Waals surface area contributed by atoms with E-state index in [1.54, 1.807) is 23.1 Å². The lowest BCUT2D eigenvalue weighted by atomic mass is 9.81. The lowest BCUT2D eigenvalue weighted by molar-refractivity contribution is -0.122. The van der Waals surface area contributed by atoms with Gasteiger partial charge in [-0.2, -0.15) is 15.3 Å². The standard InChI is InChI=1S/C20H21N7O2/c1-13-2-3-18(13)26-9-15(7-23-26)20-19-4-5-21-27(19)11-17(24-20)14-6-22-25(8-14)10-16(29)12-28/h4-9,11,13,18,28H,2-3,10,12H2,1H3/t13-,18?/m1/s1. The van der Waals surface area contributed by atoms with Crippen molar-refractivity contribution in [3.63, 3.8) is 0 Å². The summed E-state index contributed by atoms with van der Waals surface area (Å²) in [5, 5.41) is 22.1. The third-order valence-corrected chi connectivity index (χ3v) is 5.62. The van der Waals surface area contributed by atoms with Gasteiger partial charge in [0.25, 0.3) is 0 Å². The first kappa shape index (κ1) is 17.7. The number of nitrogens with zero attached hydrogens (tertiary/aromatic N) is 7. The monoisotopic (exact) mass is 391 g/mol. The van der Waals surface area contributed by atoms with E-state index in [2.05, 4.69) is 28.4 Å². The van der Waals surface area contributed by atoms with E-state index in [0.29, 0.717) is 17.7 Å². The normalized spacial score (nSPS) is 18.8. The van der Waals surface area contributed by atoms with Crippen LogP contribution in [-0.4, -0.2) is 51.7 Å². The second-order valence-electron chi connectivity index (χ2n) is 7.59. The van der Waals surface area contributed by atoms with Gasteiger partial charge < -0.3 is 5.11 Å². The summed E-state index contributed by atoms with van der Waals surface area (Å²) in [5.41, 5.74) is 4.12. The van der Waals surface area contributed by atoms with Gasteiger partial charge in [0.15, 0.2) is 5.78 Å². The summed E-state index contributed by atoms with van der Waals surface area (Å²) >= 11 is 0. The van der Waals surface area contributed by atoms with Gasteiger partial charge in [-0.05, 0) is 24.8 Å². The van der Waals surface area contributed by atoms with Crippen molar-refractivity contribution in [2.75, 3.05) is 6.61 Å². The van der Waals surface area contributed by atoms with Crippen molar-refractivity contribution in [1.82, 2.24) is 34.2 Å². The molecule has 0 spiro atoms. The zero-order chi connectivity index (χ0) is 20.0. The summed E-state index contributed by atoms with van der Waals surface area (Å²) in [6.07, 6.45) is 13.3. The first-order chi connectivity index (χ1) is 14.1. The van der Waals surface area contributed by atoms with E-state index in [0.717, 1.165) is 28.8 Å². The minimum atomic E-state index is -0.500. The molecule has 4 heterocycles. The highest BCUT2D eigenvalue weighted by Crippen LogP contribution is 2.38. The van der Waals surface area contributed by atoms with Crippen molar-refractivity contribution in [2.45, 2.75) is 32.4 Å². The van der Waals surface area contributed by atoms with E-state index in [4.69, 9.17) is 10.1 Å². The predicted molar refractivity (Wildman–Crippen MR) is 105 cm³/mol. The summed E-state index contributed by atoms with van der Waals surface area (Å²) in [4.78, 5) is 16.3. The van der Waals surface area contributed by atoms with Crippen molar-refractivity contribution in [3.8, 4) is 22.5 Å². The van der Waals surface area contributed by atoms with E-state index >= 15 is 0 Å². The van der Waals surface area contributed by atoms with Crippen LogP contribution in [0.25, 0.3) is 28.0 Å². The van der Waals surface area contributed by atoms with Gasteiger partial charge >= 0.3 is 0 Å². The number of rotatable bonds is 6. The fourth-order valence-corrected chi connectivity index (χ4v) is 3.78. The fourth-order valence-electron chi connectivity index (χ4n) is 3.78. The van der Waals surface area contributed by atoms with Crippen molar-refractivity contribution >= 4 is 11.3 Å². The Bertz CT molecular complexity index is 1190. The molecule has 148 valence electrons. The van der Waals surface area contributed by atoms with Gasteiger partial charge in [-0.25, -0.2) is 9.50 Å². The van der Waals surface area contributed by atoms with Crippen LogP contribution < -0.4 is 0 Å². The Balaban J connectivity index is 1.53. The highest BCUT2D eigenvalue weighted by Gasteiger charge is 2.29. The second-order valence-corrected chi connectivity index (χ2v) is 7.59. The lowest BCUT2D eigenvalue weighted by Gasteiger charge is -2.33. The number of ketones is 1. The average Bonchev–Trinajstić information content (AvgIpc) is 3.46. The van der Waals surface area contributed by atoms with Crippen LogP contribution in [0.2, 0.25) is 0 Å². The van der Waals surface area contributed by atoms with E-state index in [9.17, 15) is 4.79 Å². The maximum absolute atomic E-state index is 11.5. The molecule has 0 saturated heterocycles. The summed E-state index contributed by atoms with van der Waals surface area (Å²) in [6, 6.07) is 2.38. The molecule has 1 unspecified atom stereocenters. The summed E-state index contributed by atoms with van der Waals surface area (Å²) in [6.45, 7) is 1.78. The largest absolute Gasteiger partial charge is 0.389 e. The molecular formula is C20H21N7O2. The molecule has 1 aliphatic rings. The first-order valence-electron chi connectivity index (χ1n) is 9.66. The Morgan fingerprint density at radius 3 is 2.76 bits per heavy atom. The zero-order valence-electron chi connectivity index (χ0n) is 16.0. The van der Waals surface area contributed by atoms with Gasteiger partial charge in [-0.1, -0.05) is 6.92 Å². The van der Waals surface area contributed by atoms with Crippen LogP contribution in [0.15, 0.2) is 43.2 Å². The maximum atomic E-state index is 11.5. The van der Waals surface area contributed by atoms with Crippen molar-refractivity contribution in [3.05, 3.63) is 43.2 Å². The minimum absolute atomic E-state index is 0.0275. The summed E-state index contributed by atoms with van der Waals surface area (Å²) < 4.78 is 5.33. The molecule has 4 aromatic heterocycles. The molecule has 9 heteroatoms. The van der Waals surface area contributed by atoms with Gasteiger partial charge in [0.2, 0.25) is 0 Å². The van der Waals surface area contributed by atoms with E-state index in [1.165, 1.54) is 11.1 Å². The SMILES string of the molecule is C[C@@H]1CCC1n1cc(-c2nc(-c3cnn(CC(=O)CO)c3)cn3nccc23)cn1. The molecule has 0 radical (unpaired) electrons. The highest BCUT2D eigenvalue weighted by atomic mass is 16.3. The van der Waals surface area contributed by atoms with Gasteiger partial charge in [0, 0.05) is 23.5 Å². The van der Waals surface area contributed by atoms with Crippen LogP contribution in [0, 0.1) is 5.92 Å². The number of Topliss-reactive ketones (excluding diaryl/α,β-unsaturated/α-hetero) is 1. The Morgan fingerprint density at radius 1 is 1.14 bits per heavy atom. The third-order valence-electron chi connectivity index (χ3n) is 5.62. The smallest absolute Gasteiger partial charge is 0.179 e. The quantitative estimate of drug-likeness (QED) is 0.539. The number of hydrogen-bond acceptors (Lipinski definition) is 6. The molecule has 1 N–H and O–H groups in total. The molecular weight excluding hydrogens is 370 g/mol. The van der Waals surface area contributed by atoms with Crippen LogP contribution in [0.3, 0.4) is 0 Å². The number of hydrogen-bond donors (Lipinski definition) is 1. The summed E-state index contributed by atoms with van der Waals surface area (Å²) in [7, 11) is 0. The van der Waals surface area contributed by atoms with E-state index in [1.807, 2.05) is 23.1 Å². The molecule has 0 aromatic carbocycles. The van der Waals surface area contributed by atoms with Gasteiger partial charge in [-0.15, -0.1) is 0 Å². The first-order valence-corrected chi connectivity index (χ1v) is 9.66. The Hall–Kier alpha value is -3.33. The number of carbonyl (C=O) groups excluding carboxylic acids is 1. The van der Waals surface area contributed by atoms with Crippen LogP contribution >= 0.6 is 0 Å². The van der Waals surface area contributed by atoms with Gasteiger partial charge in [0.05, 0.1) is 47.7 Å². The van der Waals surface area contributed by atoms with Gasteiger partial charge in [0.1, 0.15) is 13.2 Å². The molecule has 9 nitrogen and oxygen atoms in total.